The molecule has 4 fully saturated rings. The number of pyridine rings is 1. The van der Waals surface area contributed by atoms with Gasteiger partial charge in [-0.1, -0.05) is 11.6 Å². The quantitative estimate of drug-likeness (QED) is 0.391. The van der Waals surface area contributed by atoms with Gasteiger partial charge in [0.2, 0.25) is 0 Å². The fraction of sp³-hybridized carbons (Fsp3) is 0.667. The number of piperazine rings is 1. The molecule has 10 nitrogen and oxygen atoms in total. The van der Waals surface area contributed by atoms with Gasteiger partial charge >= 0.3 is 18.7 Å². The first kappa shape index (κ1) is 26.5. The molecule has 212 valence electrons. The minimum absolute atomic E-state index is 0.0282. The summed E-state index contributed by atoms with van der Waals surface area (Å²) in [4.78, 5) is 29.8. The molecule has 6 heterocycles. The molecule has 4 saturated heterocycles. The smallest absolute Gasteiger partial charge is 0.408 e. The second-order valence-electron chi connectivity index (χ2n) is 10.8. The zero-order chi connectivity index (χ0) is 27.5. The minimum Gasteiger partial charge on any atom is -0.465 e. The number of ether oxygens (including phenoxy) is 2. The lowest BCUT2D eigenvalue weighted by molar-refractivity contribution is -0.153. The van der Waals surface area contributed by atoms with E-state index in [1.807, 2.05) is 0 Å². The van der Waals surface area contributed by atoms with Crippen molar-refractivity contribution >= 4 is 34.4 Å². The highest BCUT2D eigenvalue weighted by Gasteiger charge is 2.55. The molecule has 0 unspecified atom stereocenters. The lowest BCUT2D eigenvalue weighted by Gasteiger charge is -2.47. The first-order valence-electron chi connectivity index (χ1n) is 12.8. The molecule has 4 aliphatic heterocycles. The summed E-state index contributed by atoms with van der Waals surface area (Å²) in [6, 6.07) is -0.670. The predicted octanol–water partition coefficient (Wildman–Crippen LogP) is 3.71. The molecule has 4 aliphatic rings. The van der Waals surface area contributed by atoms with Crippen LogP contribution in [0.15, 0.2) is 6.20 Å². The molecular weight excluding hydrogens is 548 g/mol. The van der Waals surface area contributed by atoms with Crippen LogP contribution in [-0.4, -0.2) is 105 Å². The summed E-state index contributed by atoms with van der Waals surface area (Å²) in [6.45, 7) is -2.22. The van der Waals surface area contributed by atoms with Crippen molar-refractivity contribution in [3.8, 4) is 6.01 Å². The Morgan fingerprint density at radius 3 is 2.82 bits per heavy atom. The maximum atomic E-state index is 15.1. The second-order valence-corrected chi connectivity index (χ2v) is 11.2. The molecule has 1 amide bonds. The molecule has 1 N–H and O–H groups in total. The van der Waals surface area contributed by atoms with Crippen LogP contribution >= 0.6 is 11.6 Å². The molecule has 0 aliphatic carbocycles. The molecule has 15 heteroatoms. The maximum absolute atomic E-state index is 15.1. The molecule has 39 heavy (non-hydrogen) atoms. The van der Waals surface area contributed by atoms with E-state index in [4.69, 9.17) is 16.3 Å². The van der Waals surface area contributed by atoms with E-state index < -0.39 is 53.6 Å². The SMILES string of the molecule is O=C(O)N1[C@H]2CC[C@]1(COC(F)F)CN(c1nc(OC[C@@]34CCCN3C[C@H](F)C4)nc3c(F)c(Cl)ncc13)C2. The summed E-state index contributed by atoms with van der Waals surface area (Å²) in [5.74, 6) is -0.664. The monoisotopic (exact) mass is 574 g/mol. The van der Waals surface area contributed by atoms with Crippen LogP contribution in [0.5, 0.6) is 6.01 Å². The average Bonchev–Trinajstić information content (AvgIpc) is 3.49. The van der Waals surface area contributed by atoms with Crippen molar-refractivity contribution in [3.63, 3.8) is 0 Å². The number of nitrogens with zero attached hydrogens (tertiary/aromatic N) is 6. The number of fused-ring (bicyclic) bond motifs is 4. The Kier molecular flexibility index (Phi) is 6.62. The normalized spacial score (nSPS) is 30.5. The summed E-state index contributed by atoms with van der Waals surface area (Å²) < 4.78 is 66.0. The van der Waals surface area contributed by atoms with Crippen LogP contribution in [0.2, 0.25) is 5.15 Å². The summed E-state index contributed by atoms with van der Waals surface area (Å²) >= 11 is 5.94. The van der Waals surface area contributed by atoms with Gasteiger partial charge in [-0.15, -0.1) is 0 Å². The maximum Gasteiger partial charge on any atom is 0.408 e. The van der Waals surface area contributed by atoms with Crippen molar-refractivity contribution in [2.45, 2.75) is 62.0 Å². The van der Waals surface area contributed by atoms with Crippen molar-refractivity contribution < 1.29 is 36.9 Å². The zero-order valence-electron chi connectivity index (χ0n) is 20.8. The third-order valence-electron chi connectivity index (χ3n) is 8.55. The summed E-state index contributed by atoms with van der Waals surface area (Å²) in [5, 5.41) is 9.68. The second kappa shape index (κ2) is 9.73. The van der Waals surface area contributed by atoms with Crippen LogP contribution in [0.3, 0.4) is 0 Å². The topological polar surface area (TPSA) is 104 Å². The molecule has 6 rings (SSSR count). The van der Waals surface area contributed by atoms with Gasteiger partial charge in [0.25, 0.3) is 0 Å². The Balaban J connectivity index is 1.36. The largest absolute Gasteiger partial charge is 0.465 e. The molecule has 0 saturated carbocycles. The molecule has 4 atom stereocenters. The van der Waals surface area contributed by atoms with E-state index >= 15 is 4.39 Å². The molecular formula is C24H27ClF4N6O4. The number of alkyl halides is 3. The average molecular weight is 575 g/mol. The predicted molar refractivity (Wildman–Crippen MR) is 131 cm³/mol. The summed E-state index contributed by atoms with van der Waals surface area (Å²) in [5.41, 5.74) is -1.89. The van der Waals surface area contributed by atoms with E-state index in [2.05, 4.69) is 24.6 Å². The molecule has 2 aromatic heterocycles. The standard InChI is InChI=1S/C24H27ClF4N6O4/c25-18-16(27)17-15(7-30-18)19(32-21(31-17)39-11-23-3-1-5-34(23)8-13(26)6-23)33-9-14-2-4-24(10-33,12-38-20(28)29)35(14)22(36)37/h7,13-14,20H,1-6,8-12H2,(H,36,37)/t13-,14+,23+,24-/m1/s1. The Bertz CT molecular complexity index is 1290. The van der Waals surface area contributed by atoms with Gasteiger partial charge in [0.15, 0.2) is 11.0 Å². The Morgan fingerprint density at radius 2 is 2.05 bits per heavy atom. The lowest BCUT2D eigenvalue weighted by atomic mass is 9.95. The first-order valence-corrected chi connectivity index (χ1v) is 13.2. The fourth-order valence-corrected chi connectivity index (χ4v) is 7.09. The van der Waals surface area contributed by atoms with Gasteiger partial charge in [0.1, 0.15) is 24.1 Å². The zero-order valence-corrected chi connectivity index (χ0v) is 21.6. The first-order chi connectivity index (χ1) is 18.6. The van der Waals surface area contributed by atoms with Gasteiger partial charge in [0, 0.05) is 32.3 Å². The highest BCUT2D eigenvalue weighted by atomic mass is 35.5. The van der Waals surface area contributed by atoms with Crippen LogP contribution in [0.1, 0.15) is 32.1 Å². The number of hydrogen-bond donors (Lipinski definition) is 1. The number of aromatic nitrogens is 3. The van der Waals surface area contributed by atoms with Crippen LogP contribution in [0.25, 0.3) is 10.9 Å². The number of anilines is 1. The van der Waals surface area contributed by atoms with Crippen LogP contribution in [0, 0.1) is 5.82 Å². The number of hydrogen-bond acceptors (Lipinski definition) is 8. The van der Waals surface area contributed by atoms with Gasteiger partial charge in [-0.3, -0.25) is 9.80 Å². The summed E-state index contributed by atoms with van der Waals surface area (Å²) in [6.07, 6.45) is 1.85. The van der Waals surface area contributed by atoms with Crippen molar-refractivity contribution in [2.75, 3.05) is 44.3 Å². The van der Waals surface area contributed by atoms with E-state index in [0.717, 1.165) is 19.4 Å². The lowest BCUT2D eigenvalue weighted by Crippen LogP contribution is -2.65. The Morgan fingerprint density at radius 1 is 1.23 bits per heavy atom. The van der Waals surface area contributed by atoms with Gasteiger partial charge in [-0.25, -0.2) is 18.6 Å². The fourth-order valence-electron chi connectivity index (χ4n) is 6.95. The van der Waals surface area contributed by atoms with E-state index in [1.165, 1.54) is 11.1 Å². The van der Waals surface area contributed by atoms with E-state index in [0.29, 0.717) is 25.8 Å². The van der Waals surface area contributed by atoms with E-state index in [9.17, 15) is 23.1 Å². The van der Waals surface area contributed by atoms with Crippen molar-refractivity contribution in [1.82, 2.24) is 24.8 Å². The molecule has 0 aromatic carbocycles. The van der Waals surface area contributed by atoms with Crippen molar-refractivity contribution in [1.29, 1.82) is 0 Å². The van der Waals surface area contributed by atoms with Crippen LogP contribution in [0.4, 0.5) is 28.2 Å². The molecule has 0 radical (unpaired) electrons. The minimum atomic E-state index is -3.07. The number of carboxylic acid groups (broad SMARTS) is 1. The van der Waals surface area contributed by atoms with Crippen LogP contribution < -0.4 is 9.64 Å². The van der Waals surface area contributed by atoms with E-state index in [1.54, 1.807) is 4.90 Å². The Labute approximate surface area is 225 Å². The Hall–Kier alpha value is -2.71. The van der Waals surface area contributed by atoms with Crippen molar-refractivity contribution in [3.05, 3.63) is 17.2 Å². The third-order valence-corrected chi connectivity index (χ3v) is 8.81. The number of amides is 1. The van der Waals surface area contributed by atoms with Gasteiger partial charge in [0.05, 0.1) is 29.1 Å². The number of carbonyl (C=O) groups is 1. The highest BCUT2D eigenvalue weighted by molar-refractivity contribution is 6.30. The molecule has 2 aromatic rings. The number of rotatable bonds is 7. The summed E-state index contributed by atoms with van der Waals surface area (Å²) in [7, 11) is 0. The van der Waals surface area contributed by atoms with Crippen LogP contribution in [-0.2, 0) is 4.74 Å². The molecule has 0 spiro atoms. The van der Waals surface area contributed by atoms with Gasteiger partial charge in [-0.2, -0.15) is 18.7 Å². The third kappa shape index (κ3) is 4.49. The van der Waals surface area contributed by atoms with Gasteiger partial charge in [-0.05, 0) is 32.2 Å². The van der Waals surface area contributed by atoms with E-state index in [-0.39, 0.29) is 42.4 Å². The van der Waals surface area contributed by atoms with Crippen molar-refractivity contribution in [2.24, 2.45) is 0 Å². The molecule has 2 bridgehead atoms. The highest BCUT2D eigenvalue weighted by Crippen LogP contribution is 2.43. The van der Waals surface area contributed by atoms with Gasteiger partial charge < -0.3 is 19.5 Å². The number of halogens is 5.